The Morgan fingerprint density at radius 1 is 1.16 bits per heavy atom. The molecule has 0 saturated heterocycles. The minimum atomic E-state index is -0.815. The molecule has 0 spiro atoms. The van der Waals surface area contributed by atoms with Crippen molar-refractivity contribution in [1.82, 2.24) is 10.9 Å². The number of rotatable bonds is 5. The normalized spacial score (nSPS) is 11.8. The molecule has 0 aliphatic heterocycles. The third kappa shape index (κ3) is 6.04. The molecule has 2 aromatic carbocycles. The molecule has 130 valence electrons. The molecule has 0 heterocycles. The summed E-state index contributed by atoms with van der Waals surface area (Å²) < 4.78 is 19.7. The predicted octanol–water partition coefficient (Wildman–Crippen LogP) is 3.22. The van der Waals surface area contributed by atoms with Crippen LogP contribution in [-0.4, -0.2) is 17.9 Å². The van der Waals surface area contributed by atoms with Crippen molar-refractivity contribution >= 4 is 33.8 Å². The summed E-state index contributed by atoms with van der Waals surface area (Å²) in [6.45, 7) is 1.55. The van der Waals surface area contributed by atoms with Gasteiger partial charge in [-0.2, -0.15) is 0 Å². The first-order valence-corrected chi connectivity index (χ1v) is 8.19. The van der Waals surface area contributed by atoms with Gasteiger partial charge in [0.1, 0.15) is 11.6 Å². The van der Waals surface area contributed by atoms with E-state index in [4.69, 9.17) is 4.74 Å². The Labute approximate surface area is 153 Å². The van der Waals surface area contributed by atoms with Gasteiger partial charge in [0.15, 0.2) is 6.10 Å². The Hall–Kier alpha value is -2.67. The van der Waals surface area contributed by atoms with Crippen molar-refractivity contribution in [3.05, 3.63) is 70.5 Å². The molecule has 25 heavy (non-hydrogen) atoms. The molecule has 0 aliphatic rings. The van der Waals surface area contributed by atoms with Crippen molar-refractivity contribution in [2.75, 3.05) is 0 Å². The van der Waals surface area contributed by atoms with E-state index in [-0.39, 0.29) is 5.56 Å². The number of hydrazine groups is 1. The van der Waals surface area contributed by atoms with Crippen LogP contribution in [-0.2, 0) is 9.59 Å². The fourth-order valence-corrected chi connectivity index (χ4v) is 2.22. The lowest BCUT2D eigenvalue weighted by Gasteiger charge is -2.14. The number of carbonyl (C=O) groups is 2. The van der Waals surface area contributed by atoms with Gasteiger partial charge in [0.05, 0.1) is 0 Å². The summed E-state index contributed by atoms with van der Waals surface area (Å²) in [4.78, 5) is 23.6. The second-order valence-corrected chi connectivity index (χ2v) is 5.97. The molecule has 1 atom stereocenters. The monoisotopic (exact) mass is 406 g/mol. The van der Waals surface area contributed by atoms with Gasteiger partial charge in [0, 0.05) is 16.1 Å². The average Bonchev–Trinajstić information content (AvgIpc) is 2.59. The smallest absolute Gasteiger partial charge is 0.279 e. The zero-order chi connectivity index (χ0) is 18.2. The van der Waals surface area contributed by atoms with Crippen molar-refractivity contribution in [3.63, 3.8) is 0 Å². The fraction of sp³-hybridized carbons (Fsp3) is 0.111. The Morgan fingerprint density at radius 3 is 2.64 bits per heavy atom. The van der Waals surface area contributed by atoms with E-state index in [1.807, 2.05) is 6.07 Å². The standard InChI is InChI=1S/C18H16BrFN2O3/c1-12(25-15-7-4-6-14(19)11-15)18(24)22-21-17(23)10-9-13-5-2-3-8-16(13)20/h2-12H,1H3,(H,21,23)(H,22,24)/b10-9+. The van der Waals surface area contributed by atoms with Crippen LogP contribution < -0.4 is 15.6 Å². The Balaban J connectivity index is 1.82. The second kappa shape index (κ2) is 8.98. The molecule has 0 fully saturated rings. The summed E-state index contributed by atoms with van der Waals surface area (Å²) in [7, 11) is 0. The first kappa shape index (κ1) is 18.7. The summed E-state index contributed by atoms with van der Waals surface area (Å²) >= 11 is 3.31. The van der Waals surface area contributed by atoms with Gasteiger partial charge in [0.2, 0.25) is 0 Å². The number of benzene rings is 2. The number of nitrogens with one attached hydrogen (secondary N) is 2. The highest BCUT2D eigenvalue weighted by atomic mass is 79.9. The highest BCUT2D eigenvalue weighted by Crippen LogP contribution is 2.18. The molecule has 0 saturated carbocycles. The topological polar surface area (TPSA) is 67.4 Å². The molecule has 7 heteroatoms. The quantitative estimate of drug-likeness (QED) is 0.591. The summed E-state index contributed by atoms with van der Waals surface area (Å²) in [5.41, 5.74) is 4.73. The zero-order valence-corrected chi connectivity index (χ0v) is 14.9. The predicted molar refractivity (Wildman–Crippen MR) is 96.0 cm³/mol. The number of halogens is 2. The van der Waals surface area contributed by atoms with Crippen LogP contribution in [0.15, 0.2) is 59.1 Å². The van der Waals surface area contributed by atoms with E-state index >= 15 is 0 Å². The van der Waals surface area contributed by atoms with Gasteiger partial charge in [-0.05, 0) is 37.3 Å². The summed E-state index contributed by atoms with van der Waals surface area (Å²) in [5.74, 6) is -1.03. The van der Waals surface area contributed by atoms with Crippen LogP contribution in [0.1, 0.15) is 12.5 Å². The number of amides is 2. The van der Waals surface area contributed by atoms with Gasteiger partial charge >= 0.3 is 0 Å². The van der Waals surface area contributed by atoms with Crippen LogP contribution in [0.25, 0.3) is 6.08 Å². The molecular formula is C18H16BrFN2O3. The van der Waals surface area contributed by atoms with E-state index in [1.54, 1.807) is 37.3 Å². The third-order valence-electron chi connectivity index (χ3n) is 3.11. The van der Waals surface area contributed by atoms with Crippen molar-refractivity contribution in [3.8, 4) is 5.75 Å². The van der Waals surface area contributed by atoms with Crippen LogP contribution in [0, 0.1) is 5.82 Å². The SMILES string of the molecule is CC(Oc1cccc(Br)c1)C(=O)NNC(=O)/C=C/c1ccccc1F. The maximum absolute atomic E-state index is 13.4. The van der Waals surface area contributed by atoms with Gasteiger partial charge in [0.25, 0.3) is 11.8 Å². The van der Waals surface area contributed by atoms with E-state index < -0.39 is 23.7 Å². The average molecular weight is 407 g/mol. The van der Waals surface area contributed by atoms with Crippen molar-refractivity contribution in [2.45, 2.75) is 13.0 Å². The van der Waals surface area contributed by atoms with E-state index in [2.05, 4.69) is 26.8 Å². The first-order valence-electron chi connectivity index (χ1n) is 7.40. The summed E-state index contributed by atoms with van der Waals surface area (Å²) in [6, 6.07) is 13.1. The zero-order valence-electron chi connectivity index (χ0n) is 13.3. The van der Waals surface area contributed by atoms with Crippen LogP contribution in [0.4, 0.5) is 4.39 Å². The highest BCUT2D eigenvalue weighted by Gasteiger charge is 2.15. The van der Waals surface area contributed by atoms with Gasteiger partial charge in [-0.3, -0.25) is 20.4 Å². The van der Waals surface area contributed by atoms with E-state index in [0.29, 0.717) is 5.75 Å². The van der Waals surface area contributed by atoms with Crippen molar-refractivity contribution in [2.24, 2.45) is 0 Å². The molecule has 0 radical (unpaired) electrons. The molecule has 2 rings (SSSR count). The Kier molecular flexibility index (Phi) is 6.71. The molecule has 0 aromatic heterocycles. The minimum Gasteiger partial charge on any atom is -0.481 e. The van der Waals surface area contributed by atoms with E-state index in [1.165, 1.54) is 18.2 Å². The van der Waals surface area contributed by atoms with Crippen LogP contribution >= 0.6 is 15.9 Å². The second-order valence-electron chi connectivity index (χ2n) is 5.05. The molecule has 5 nitrogen and oxygen atoms in total. The summed E-state index contributed by atoms with van der Waals surface area (Å²) in [5, 5.41) is 0. The van der Waals surface area contributed by atoms with Crippen LogP contribution in [0.3, 0.4) is 0 Å². The number of hydrogen-bond donors (Lipinski definition) is 2. The third-order valence-corrected chi connectivity index (χ3v) is 3.60. The molecule has 2 amide bonds. The van der Waals surface area contributed by atoms with Gasteiger partial charge in [-0.25, -0.2) is 4.39 Å². The molecule has 1 unspecified atom stereocenters. The largest absolute Gasteiger partial charge is 0.481 e. The van der Waals surface area contributed by atoms with Gasteiger partial charge in [-0.1, -0.05) is 40.2 Å². The van der Waals surface area contributed by atoms with E-state index in [0.717, 1.165) is 10.5 Å². The van der Waals surface area contributed by atoms with Crippen molar-refractivity contribution in [1.29, 1.82) is 0 Å². The Bertz CT molecular complexity index is 795. The minimum absolute atomic E-state index is 0.273. The maximum Gasteiger partial charge on any atom is 0.279 e. The molecule has 0 bridgehead atoms. The fourth-order valence-electron chi connectivity index (χ4n) is 1.84. The summed E-state index contributed by atoms with van der Waals surface area (Å²) in [6.07, 6.45) is 1.63. The highest BCUT2D eigenvalue weighted by molar-refractivity contribution is 9.10. The maximum atomic E-state index is 13.4. The molecule has 2 N–H and O–H groups in total. The molecular weight excluding hydrogens is 391 g/mol. The number of carbonyl (C=O) groups excluding carboxylic acids is 2. The van der Waals surface area contributed by atoms with Crippen LogP contribution in [0.2, 0.25) is 0 Å². The van der Waals surface area contributed by atoms with E-state index in [9.17, 15) is 14.0 Å². The molecule has 0 aliphatic carbocycles. The molecule has 2 aromatic rings. The lowest BCUT2D eigenvalue weighted by molar-refractivity contribution is -0.131. The van der Waals surface area contributed by atoms with Crippen LogP contribution in [0.5, 0.6) is 5.75 Å². The lowest BCUT2D eigenvalue weighted by atomic mass is 10.2. The van der Waals surface area contributed by atoms with Gasteiger partial charge in [-0.15, -0.1) is 0 Å². The Morgan fingerprint density at radius 2 is 1.92 bits per heavy atom. The van der Waals surface area contributed by atoms with Crippen molar-refractivity contribution < 1.29 is 18.7 Å². The first-order chi connectivity index (χ1) is 12.0. The number of hydrogen-bond acceptors (Lipinski definition) is 3. The van der Waals surface area contributed by atoms with Gasteiger partial charge < -0.3 is 4.74 Å². The number of ether oxygens (including phenoxy) is 1. The lowest BCUT2D eigenvalue weighted by Crippen LogP contribution is -2.46.